The zero-order valence-electron chi connectivity index (χ0n) is 15.7. The summed E-state index contributed by atoms with van der Waals surface area (Å²) in [6, 6.07) is 4.78. The highest BCUT2D eigenvalue weighted by Gasteiger charge is 2.43. The number of rotatable bonds is 3. The van der Waals surface area contributed by atoms with Gasteiger partial charge in [-0.05, 0) is 75.2 Å². The normalized spacial score (nSPS) is 25.9. The van der Waals surface area contributed by atoms with Crippen molar-refractivity contribution in [2.75, 3.05) is 39.3 Å². The summed E-state index contributed by atoms with van der Waals surface area (Å²) in [7, 11) is 0. The van der Waals surface area contributed by atoms with Gasteiger partial charge in [0.25, 0.3) is 5.91 Å². The molecule has 1 amide bonds. The molecule has 3 fully saturated rings. The number of carbonyl (C=O) groups excluding carboxylic acids is 1. The molecule has 1 atom stereocenters. The Kier molecular flexibility index (Phi) is 5.02. The van der Waals surface area contributed by atoms with Gasteiger partial charge in [-0.1, -0.05) is 6.07 Å². The topological polar surface area (TPSA) is 32.8 Å². The fourth-order valence-corrected chi connectivity index (χ4v) is 4.71. The van der Waals surface area contributed by atoms with E-state index >= 15 is 0 Å². The lowest BCUT2D eigenvalue weighted by atomic mass is 9.76. The smallest absolute Gasteiger partial charge is 0.253 e. The van der Waals surface area contributed by atoms with Crippen molar-refractivity contribution < 1.29 is 13.9 Å². The largest absolute Gasteiger partial charge is 0.376 e. The molecule has 0 saturated carbocycles. The van der Waals surface area contributed by atoms with Gasteiger partial charge in [-0.25, -0.2) is 4.39 Å². The molecule has 0 unspecified atom stereocenters. The number of hydrogen-bond acceptors (Lipinski definition) is 3. The van der Waals surface area contributed by atoms with E-state index in [1.54, 1.807) is 19.1 Å². The molecule has 1 spiro atoms. The van der Waals surface area contributed by atoms with Crippen LogP contribution in [0.15, 0.2) is 18.2 Å². The molecule has 4 nitrogen and oxygen atoms in total. The van der Waals surface area contributed by atoms with E-state index in [4.69, 9.17) is 4.74 Å². The fourth-order valence-electron chi connectivity index (χ4n) is 4.71. The lowest BCUT2D eigenvalue weighted by Crippen LogP contribution is -2.43. The molecule has 26 heavy (non-hydrogen) atoms. The van der Waals surface area contributed by atoms with Gasteiger partial charge in [-0.15, -0.1) is 0 Å². The molecule has 3 saturated heterocycles. The number of halogens is 1. The fraction of sp³-hybridized carbons (Fsp3) is 0.667. The third-order valence-electron chi connectivity index (χ3n) is 6.48. The van der Waals surface area contributed by atoms with E-state index in [-0.39, 0.29) is 17.1 Å². The summed E-state index contributed by atoms with van der Waals surface area (Å²) in [5.41, 5.74) is 1.27. The zero-order valence-corrected chi connectivity index (χ0v) is 15.7. The Morgan fingerprint density at radius 2 is 1.96 bits per heavy atom. The van der Waals surface area contributed by atoms with Crippen LogP contribution in [0, 0.1) is 18.2 Å². The van der Waals surface area contributed by atoms with Crippen LogP contribution in [-0.4, -0.2) is 61.1 Å². The van der Waals surface area contributed by atoms with Crippen LogP contribution in [0.5, 0.6) is 0 Å². The minimum Gasteiger partial charge on any atom is -0.376 e. The first-order chi connectivity index (χ1) is 12.5. The first-order valence-corrected chi connectivity index (χ1v) is 9.94. The number of carbonyl (C=O) groups is 1. The average molecular weight is 360 g/mol. The van der Waals surface area contributed by atoms with E-state index in [1.807, 2.05) is 4.90 Å². The van der Waals surface area contributed by atoms with Crippen LogP contribution >= 0.6 is 0 Å². The highest BCUT2D eigenvalue weighted by molar-refractivity contribution is 5.94. The maximum Gasteiger partial charge on any atom is 0.253 e. The van der Waals surface area contributed by atoms with Crippen molar-refractivity contribution in [2.24, 2.45) is 5.41 Å². The Bertz CT molecular complexity index is 664. The molecule has 4 rings (SSSR count). The van der Waals surface area contributed by atoms with Crippen LogP contribution in [0.4, 0.5) is 4.39 Å². The van der Waals surface area contributed by atoms with E-state index in [2.05, 4.69) is 4.90 Å². The quantitative estimate of drug-likeness (QED) is 0.830. The van der Waals surface area contributed by atoms with E-state index in [0.29, 0.717) is 17.2 Å². The molecule has 1 aromatic carbocycles. The van der Waals surface area contributed by atoms with E-state index in [1.165, 1.54) is 32.0 Å². The maximum atomic E-state index is 13.8. The van der Waals surface area contributed by atoms with Gasteiger partial charge in [0.05, 0.1) is 12.7 Å². The molecule has 0 aliphatic carbocycles. The predicted molar refractivity (Wildman–Crippen MR) is 98.7 cm³/mol. The third-order valence-corrected chi connectivity index (χ3v) is 6.48. The summed E-state index contributed by atoms with van der Waals surface area (Å²) >= 11 is 0. The van der Waals surface area contributed by atoms with Crippen LogP contribution < -0.4 is 0 Å². The van der Waals surface area contributed by atoms with Crippen LogP contribution in [-0.2, 0) is 4.74 Å². The minimum atomic E-state index is -0.307. The summed E-state index contributed by atoms with van der Waals surface area (Å²) in [6.45, 7) is 7.51. The minimum absolute atomic E-state index is 0.0497. The molecule has 1 aromatic rings. The van der Waals surface area contributed by atoms with Crippen molar-refractivity contribution in [1.29, 1.82) is 0 Å². The summed E-state index contributed by atoms with van der Waals surface area (Å²) < 4.78 is 19.9. The van der Waals surface area contributed by atoms with Crippen molar-refractivity contribution in [3.8, 4) is 0 Å². The predicted octanol–water partition coefficient (Wildman–Crippen LogP) is 3.24. The highest BCUT2D eigenvalue weighted by atomic mass is 19.1. The molecule has 0 N–H and O–H groups in total. The monoisotopic (exact) mass is 360 g/mol. The van der Waals surface area contributed by atoms with E-state index in [9.17, 15) is 9.18 Å². The van der Waals surface area contributed by atoms with Gasteiger partial charge >= 0.3 is 0 Å². The Morgan fingerprint density at radius 3 is 2.65 bits per heavy atom. The van der Waals surface area contributed by atoms with Crippen LogP contribution in [0.3, 0.4) is 0 Å². The third kappa shape index (κ3) is 3.65. The number of likely N-dealkylation sites (tertiary alicyclic amines) is 2. The van der Waals surface area contributed by atoms with Crippen molar-refractivity contribution in [1.82, 2.24) is 9.80 Å². The molecule has 0 radical (unpaired) electrons. The lowest BCUT2D eigenvalue weighted by Gasteiger charge is -2.38. The van der Waals surface area contributed by atoms with Crippen molar-refractivity contribution >= 4 is 5.91 Å². The number of nitrogens with zero attached hydrogens (tertiary/aromatic N) is 2. The molecular formula is C21H29FN2O2. The van der Waals surface area contributed by atoms with E-state index < -0.39 is 0 Å². The van der Waals surface area contributed by atoms with Gasteiger partial charge in [0.1, 0.15) is 5.82 Å². The van der Waals surface area contributed by atoms with Crippen molar-refractivity contribution in [3.05, 3.63) is 35.1 Å². The van der Waals surface area contributed by atoms with Gasteiger partial charge in [0.2, 0.25) is 0 Å². The van der Waals surface area contributed by atoms with Crippen LogP contribution in [0.1, 0.15) is 48.0 Å². The van der Waals surface area contributed by atoms with Crippen LogP contribution in [0.2, 0.25) is 0 Å². The maximum absolute atomic E-state index is 13.8. The second kappa shape index (κ2) is 7.28. The Morgan fingerprint density at radius 1 is 1.23 bits per heavy atom. The Labute approximate surface area is 155 Å². The molecule has 3 heterocycles. The number of benzene rings is 1. The van der Waals surface area contributed by atoms with Crippen LogP contribution in [0.25, 0.3) is 0 Å². The molecule has 5 heteroatoms. The molecule has 0 bridgehead atoms. The number of aryl methyl sites for hydroxylation is 1. The van der Waals surface area contributed by atoms with Gasteiger partial charge in [0, 0.05) is 25.2 Å². The number of amides is 1. The summed E-state index contributed by atoms with van der Waals surface area (Å²) in [6.07, 6.45) is 6.07. The molecule has 3 aliphatic rings. The molecule has 3 aliphatic heterocycles. The van der Waals surface area contributed by atoms with Gasteiger partial charge in [-0.2, -0.15) is 0 Å². The second-order valence-electron chi connectivity index (χ2n) is 8.40. The zero-order chi connectivity index (χ0) is 18.1. The molecule has 142 valence electrons. The van der Waals surface area contributed by atoms with Gasteiger partial charge in [-0.3, -0.25) is 4.79 Å². The molecule has 0 aromatic heterocycles. The average Bonchev–Trinajstić information content (AvgIpc) is 3.28. The summed E-state index contributed by atoms with van der Waals surface area (Å²) in [5.74, 6) is -0.357. The van der Waals surface area contributed by atoms with E-state index in [0.717, 1.165) is 45.5 Å². The van der Waals surface area contributed by atoms with Crippen molar-refractivity contribution in [3.63, 3.8) is 0 Å². The SMILES string of the molecule is Cc1ccc(C(=O)N2CCC3(CC2)CO[C@H](CN2CCCC2)C3)cc1F. The van der Waals surface area contributed by atoms with Crippen molar-refractivity contribution in [2.45, 2.75) is 45.1 Å². The second-order valence-corrected chi connectivity index (χ2v) is 8.40. The molecular weight excluding hydrogens is 331 g/mol. The van der Waals surface area contributed by atoms with Gasteiger partial charge in [0.15, 0.2) is 0 Å². The number of piperidine rings is 1. The van der Waals surface area contributed by atoms with Gasteiger partial charge < -0.3 is 14.5 Å². The first kappa shape index (κ1) is 17.9. The standard InChI is InChI=1S/C21H29FN2O2/c1-16-4-5-17(12-19(16)22)20(25)24-10-6-21(7-11-24)13-18(26-15-21)14-23-8-2-3-9-23/h4-5,12,18H,2-3,6-11,13-15H2,1H3/t18-/m0/s1. The Hall–Kier alpha value is -1.46. The summed E-state index contributed by atoms with van der Waals surface area (Å²) in [5, 5.41) is 0. The first-order valence-electron chi connectivity index (χ1n) is 9.94. The lowest BCUT2D eigenvalue weighted by molar-refractivity contribution is 0.0459. The number of ether oxygens (including phenoxy) is 1. The number of hydrogen-bond donors (Lipinski definition) is 0. The summed E-state index contributed by atoms with van der Waals surface area (Å²) in [4.78, 5) is 17.1. The Balaban J connectivity index is 1.32. The highest BCUT2D eigenvalue weighted by Crippen LogP contribution is 2.42.